The molecule has 0 saturated carbocycles. The Balaban J connectivity index is 3.11. The van der Waals surface area contributed by atoms with Crippen LogP contribution in [0.15, 0.2) is 23.4 Å². The number of nitrogen functional groups attached to an aromatic ring is 1. The molecule has 5 nitrogen and oxygen atoms in total. The van der Waals surface area contributed by atoms with Crippen LogP contribution in [0.1, 0.15) is 6.92 Å². The largest absolute Gasteiger partial charge is 0.396 e. The van der Waals surface area contributed by atoms with Gasteiger partial charge < -0.3 is 10.8 Å². The molecule has 0 amide bonds. The average molecular weight is 216 g/mol. The summed E-state index contributed by atoms with van der Waals surface area (Å²) >= 11 is 0. The third-order valence-electron chi connectivity index (χ3n) is 1.56. The van der Waals surface area contributed by atoms with Crippen LogP contribution >= 0.6 is 0 Å². The van der Waals surface area contributed by atoms with Crippen LogP contribution in [0.3, 0.4) is 0 Å². The first-order valence-corrected chi connectivity index (χ1v) is 5.70. The first-order chi connectivity index (χ1) is 6.43. The summed E-state index contributed by atoms with van der Waals surface area (Å²) in [5.74, 6) is -0.367. The zero-order valence-electron chi connectivity index (χ0n) is 7.71. The van der Waals surface area contributed by atoms with Gasteiger partial charge in [-0.2, -0.15) is 0 Å². The van der Waals surface area contributed by atoms with E-state index in [1.54, 1.807) is 6.07 Å². The molecule has 1 rings (SSSR count). The molecular formula is C8H12N2O3S. The highest BCUT2D eigenvalue weighted by Crippen LogP contribution is 2.16. The van der Waals surface area contributed by atoms with E-state index >= 15 is 0 Å². The number of nitrogens with zero attached hydrogens (tertiary/aromatic N) is 1. The van der Waals surface area contributed by atoms with Crippen LogP contribution in [0.5, 0.6) is 0 Å². The van der Waals surface area contributed by atoms with Gasteiger partial charge >= 0.3 is 0 Å². The lowest BCUT2D eigenvalue weighted by molar-refractivity contribution is 0.218. The van der Waals surface area contributed by atoms with Gasteiger partial charge in [0.25, 0.3) is 0 Å². The van der Waals surface area contributed by atoms with Crippen LogP contribution in [-0.4, -0.2) is 30.4 Å². The molecule has 78 valence electrons. The SMILES string of the molecule is CC(O)CS(=O)(=O)c1ncccc1N. The molecule has 6 heteroatoms. The van der Waals surface area contributed by atoms with Gasteiger partial charge in [-0.15, -0.1) is 0 Å². The Labute approximate surface area is 82.5 Å². The standard InChI is InChI=1S/C8H12N2O3S/c1-6(11)5-14(12,13)8-7(9)3-2-4-10-8/h2-4,6,11H,5,9H2,1H3. The lowest BCUT2D eigenvalue weighted by Crippen LogP contribution is -2.19. The second-order valence-corrected chi connectivity index (χ2v) is 4.98. The second kappa shape index (κ2) is 3.93. The lowest BCUT2D eigenvalue weighted by Gasteiger charge is -2.07. The van der Waals surface area contributed by atoms with Crippen molar-refractivity contribution >= 4 is 15.5 Å². The van der Waals surface area contributed by atoms with Crippen molar-refractivity contribution in [2.24, 2.45) is 0 Å². The van der Waals surface area contributed by atoms with Crippen LogP contribution in [0.4, 0.5) is 5.69 Å². The maximum Gasteiger partial charge on any atom is 0.200 e. The highest BCUT2D eigenvalue weighted by Gasteiger charge is 2.20. The Kier molecular flexibility index (Phi) is 3.07. The normalized spacial score (nSPS) is 13.9. The molecule has 1 aromatic rings. The van der Waals surface area contributed by atoms with Crippen molar-refractivity contribution in [3.05, 3.63) is 18.3 Å². The number of sulfone groups is 1. The quantitative estimate of drug-likeness (QED) is 0.731. The summed E-state index contributed by atoms with van der Waals surface area (Å²) in [7, 11) is -3.58. The lowest BCUT2D eigenvalue weighted by atomic mass is 10.4. The summed E-state index contributed by atoms with van der Waals surface area (Å²) in [6.07, 6.45) is 0.423. The fourth-order valence-corrected chi connectivity index (χ4v) is 2.50. The first-order valence-electron chi connectivity index (χ1n) is 4.05. The molecule has 0 aliphatic rings. The molecule has 0 aliphatic carbocycles. The molecule has 0 saturated heterocycles. The van der Waals surface area contributed by atoms with Crippen molar-refractivity contribution in [2.75, 3.05) is 11.5 Å². The van der Waals surface area contributed by atoms with E-state index in [0.29, 0.717) is 0 Å². The van der Waals surface area contributed by atoms with E-state index in [1.165, 1.54) is 19.2 Å². The predicted octanol–water partition coefficient (Wildman–Crippen LogP) is -0.182. The molecule has 0 bridgehead atoms. The van der Waals surface area contributed by atoms with E-state index in [-0.39, 0.29) is 16.5 Å². The van der Waals surface area contributed by atoms with Gasteiger partial charge in [-0.05, 0) is 19.1 Å². The highest BCUT2D eigenvalue weighted by molar-refractivity contribution is 7.91. The number of nitrogens with two attached hydrogens (primary N) is 1. The zero-order chi connectivity index (χ0) is 10.8. The van der Waals surface area contributed by atoms with Crippen molar-refractivity contribution in [2.45, 2.75) is 18.1 Å². The summed E-state index contributed by atoms with van der Waals surface area (Å²) in [5, 5.41) is 8.83. The molecule has 0 fully saturated rings. The van der Waals surface area contributed by atoms with Gasteiger partial charge in [-0.1, -0.05) is 0 Å². The first kappa shape index (κ1) is 10.9. The molecule has 0 aromatic carbocycles. The highest BCUT2D eigenvalue weighted by atomic mass is 32.2. The molecule has 1 unspecified atom stereocenters. The second-order valence-electron chi connectivity index (χ2n) is 3.03. The Bertz CT molecular complexity index is 414. The van der Waals surface area contributed by atoms with Gasteiger partial charge in [0.15, 0.2) is 14.9 Å². The maximum atomic E-state index is 11.6. The molecule has 1 atom stereocenters. The Hall–Kier alpha value is -1.14. The van der Waals surface area contributed by atoms with E-state index in [2.05, 4.69) is 4.98 Å². The monoisotopic (exact) mass is 216 g/mol. The number of aromatic nitrogens is 1. The van der Waals surface area contributed by atoms with Gasteiger partial charge in [0.1, 0.15) is 0 Å². The molecule has 0 aliphatic heterocycles. The minimum absolute atomic E-state index is 0.105. The number of anilines is 1. The number of pyridine rings is 1. The number of aliphatic hydroxyl groups excluding tert-OH is 1. The van der Waals surface area contributed by atoms with Crippen LogP contribution in [0.25, 0.3) is 0 Å². The number of hydrogen-bond donors (Lipinski definition) is 2. The fourth-order valence-electron chi connectivity index (χ4n) is 1.06. The topological polar surface area (TPSA) is 93.3 Å². The smallest absolute Gasteiger partial charge is 0.200 e. The average Bonchev–Trinajstić information content (AvgIpc) is 2.02. The fraction of sp³-hybridized carbons (Fsp3) is 0.375. The van der Waals surface area contributed by atoms with E-state index in [1.807, 2.05) is 0 Å². The summed E-state index contributed by atoms with van der Waals surface area (Å²) in [6.45, 7) is 1.40. The van der Waals surface area contributed by atoms with Crippen molar-refractivity contribution in [1.82, 2.24) is 4.98 Å². The van der Waals surface area contributed by atoms with Gasteiger partial charge in [0.2, 0.25) is 0 Å². The Morgan fingerprint density at radius 1 is 1.64 bits per heavy atom. The van der Waals surface area contributed by atoms with Gasteiger partial charge in [0, 0.05) is 6.20 Å². The van der Waals surface area contributed by atoms with Crippen molar-refractivity contribution in [3.8, 4) is 0 Å². The van der Waals surface area contributed by atoms with E-state index < -0.39 is 15.9 Å². The van der Waals surface area contributed by atoms with Gasteiger partial charge in [-0.3, -0.25) is 0 Å². The summed E-state index contributed by atoms with van der Waals surface area (Å²) in [4.78, 5) is 3.68. The number of aliphatic hydroxyl groups is 1. The Morgan fingerprint density at radius 3 is 2.79 bits per heavy atom. The Morgan fingerprint density at radius 2 is 2.29 bits per heavy atom. The minimum atomic E-state index is -3.58. The third-order valence-corrected chi connectivity index (χ3v) is 3.41. The molecule has 3 N–H and O–H groups in total. The number of rotatable bonds is 3. The van der Waals surface area contributed by atoms with Crippen LogP contribution in [0.2, 0.25) is 0 Å². The maximum absolute atomic E-state index is 11.6. The molecular weight excluding hydrogens is 204 g/mol. The molecule has 14 heavy (non-hydrogen) atoms. The van der Waals surface area contributed by atoms with Crippen LogP contribution in [0, 0.1) is 0 Å². The van der Waals surface area contributed by atoms with Gasteiger partial charge in [0.05, 0.1) is 17.5 Å². The van der Waals surface area contributed by atoms with Crippen LogP contribution in [-0.2, 0) is 9.84 Å². The van der Waals surface area contributed by atoms with E-state index in [0.717, 1.165) is 0 Å². The molecule has 0 spiro atoms. The van der Waals surface area contributed by atoms with Crippen molar-refractivity contribution in [3.63, 3.8) is 0 Å². The number of hydrogen-bond acceptors (Lipinski definition) is 5. The summed E-state index contributed by atoms with van der Waals surface area (Å²) in [5.41, 5.74) is 5.56. The van der Waals surface area contributed by atoms with Crippen LogP contribution < -0.4 is 5.73 Å². The zero-order valence-corrected chi connectivity index (χ0v) is 8.53. The summed E-state index contributed by atoms with van der Waals surface area (Å²) in [6, 6.07) is 3.01. The summed E-state index contributed by atoms with van der Waals surface area (Å²) < 4.78 is 23.1. The van der Waals surface area contributed by atoms with E-state index in [4.69, 9.17) is 10.8 Å². The molecule has 1 aromatic heterocycles. The third kappa shape index (κ3) is 2.43. The molecule has 0 radical (unpaired) electrons. The van der Waals surface area contributed by atoms with E-state index in [9.17, 15) is 8.42 Å². The van der Waals surface area contributed by atoms with Crippen molar-refractivity contribution < 1.29 is 13.5 Å². The predicted molar refractivity (Wildman–Crippen MR) is 52.4 cm³/mol. The van der Waals surface area contributed by atoms with Gasteiger partial charge in [-0.25, -0.2) is 13.4 Å². The minimum Gasteiger partial charge on any atom is -0.396 e. The van der Waals surface area contributed by atoms with Crippen molar-refractivity contribution in [1.29, 1.82) is 0 Å². The molecule has 1 heterocycles.